The van der Waals surface area contributed by atoms with Gasteiger partial charge in [0.15, 0.2) is 0 Å². The van der Waals surface area contributed by atoms with Crippen molar-refractivity contribution in [2.75, 3.05) is 19.5 Å². The molecule has 0 atom stereocenters. The molecule has 0 bridgehead atoms. The molecule has 0 amide bonds. The summed E-state index contributed by atoms with van der Waals surface area (Å²) in [4.78, 5) is 0. The van der Waals surface area contributed by atoms with Gasteiger partial charge in [-0.2, -0.15) is 0 Å². The maximum absolute atomic E-state index is 6.31. The van der Waals surface area contributed by atoms with Crippen LogP contribution in [0, 0.1) is 0 Å². The molecular weight excluding hydrogens is 331 g/mol. The van der Waals surface area contributed by atoms with E-state index in [4.69, 9.17) is 18.1 Å². The molecule has 2 aliphatic rings. The average Bonchev–Trinajstić information content (AvgIpc) is 3.21. The predicted octanol–water partition coefficient (Wildman–Crippen LogP) is 5.10. The summed E-state index contributed by atoms with van der Waals surface area (Å²) >= 11 is 1.50. The minimum atomic E-state index is -3.63. The Morgan fingerprint density at radius 1 is 0.870 bits per heavy atom. The summed E-state index contributed by atoms with van der Waals surface area (Å²) in [5.41, 5.74) is 1.89. The molecule has 1 spiro atoms. The Bertz CT molecular complexity index is 686. The summed E-state index contributed by atoms with van der Waals surface area (Å²) in [6, 6.07) is 19.8. The zero-order valence-corrected chi connectivity index (χ0v) is 14.4. The van der Waals surface area contributed by atoms with Crippen molar-refractivity contribution in [3.63, 3.8) is 0 Å². The second-order valence-corrected chi connectivity index (χ2v) is 10.9. The van der Waals surface area contributed by atoms with Crippen LogP contribution in [0.4, 0.5) is 0 Å². The van der Waals surface area contributed by atoms with Gasteiger partial charge in [0.1, 0.15) is 0 Å². The molecule has 2 aromatic rings. The Kier molecular flexibility index (Phi) is 3.62. The van der Waals surface area contributed by atoms with E-state index in [1.165, 1.54) is 11.4 Å². The summed E-state index contributed by atoms with van der Waals surface area (Å²) in [7, 11) is 1.59. The van der Waals surface area contributed by atoms with Crippen molar-refractivity contribution in [1.82, 2.24) is 0 Å². The molecule has 0 N–H and O–H groups in total. The van der Waals surface area contributed by atoms with Crippen LogP contribution >= 0.6 is 18.1 Å². The second kappa shape index (κ2) is 5.53. The van der Waals surface area contributed by atoms with Gasteiger partial charge in [-0.05, 0) is 0 Å². The molecular formula is C17H17O4PS. The van der Waals surface area contributed by atoms with Crippen molar-refractivity contribution in [1.29, 1.82) is 0 Å². The van der Waals surface area contributed by atoms with Gasteiger partial charge >= 0.3 is 139 Å². The molecule has 2 aromatic carbocycles. The van der Waals surface area contributed by atoms with Crippen LogP contribution in [0.15, 0.2) is 60.7 Å². The Hall–Kier alpha value is -1.52. The molecule has 1 fully saturated rings. The summed E-state index contributed by atoms with van der Waals surface area (Å²) in [6.45, 7) is -3.07. The van der Waals surface area contributed by atoms with Gasteiger partial charge in [0.25, 0.3) is 0 Å². The van der Waals surface area contributed by atoms with Crippen LogP contribution in [0.5, 0.6) is 0 Å². The minimum absolute atomic E-state index is 0.556. The van der Waals surface area contributed by atoms with Crippen LogP contribution in [-0.2, 0) is 18.1 Å². The van der Waals surface area contributed by atoms with Gasteiger partial charge < -0.3 is 0 Å². The van der Waals surface area contributed by atoms with E-state index in [0.29, 0.717) is 18.1 Å². The van der Waals surface area contributed by atoms with E-state index in [2.05, 4.69) is 0 Å². The fraction of sp³-hybridized carbons (Fsp3) is 0.176. The Balaban J connectivity index is 1.86. The number of rotatable bonds is 3. The van der Waals surface area contributed by atoms with E-state index >= 15 is 0 Å². The molecule has 120 valence electrons. The normalized spacial score (nSPS) is 23.1. The Morgan fingerprint density at radius 2 is 1.39 bits per heavy atom. The molecule has 0 aromatic heterocycles. The summed E-state index contributed by atoms with van der Waals surface area (Å²) in [6.07, 6.45) is 0. The molecule has 2 aliphatic heterocycles. The standard InChI is InChI=1S/C17H17O4PS/c1-18-22(19-12-13-23-22)20-16(14-8-4-2-5-9-14)17(21-22)15-10-6-3-7-11-15/h2-11H,12-13H2,1H3. The Labute approximate surface area is 139 Å². The summed E-state index contributed by atoms with van der Waals surface area (Å²) in [5.74, 6) is 2.13. The van der Waals surface area contributed by atoms with Crippen LogP contribution in [-0.4, -0.2) is 19.5 Å². The number of hydrogen-bond donors (Lipinski definition) is 0. The van der Waals surface area contributed by atoms with Gasteiger partial charge in [0.05, 0.1) is 0 Å². The van der Waals surface area contributed by atoms with Crippen molar-refractivity contribution in [2.45, 2.75) is 0 Å². The average molecular weight is 348 g/mol. The third-order valence-electron chi connectivity index (χ3n) is 3.74. The van der Waals surface area contributed by atoms with Crippen LogP contribution in [0.1, 0.15) is 11.1 Å². The second-order valence-electron chi connectivity index (χ2n) is 5.17. The predicted molar refractivity (Wildman–Crippen MR) is 94.2 cm³/mol. The third-order valence-corrected chi connectivity index (χ3v) is 9.70. The van der Waals surface area contributed by atoms with Gasteiger partial charge in [-0.3, -0.25) is 0 Å². The van der Waals surface area contributed by atoms with E-state index < -0.39 is 6.71 Å². The molecule has 2 heterocycles. The van der Waals surface area contributed by atoms with Crippen LogP contribution < -0.4 is 0 Å². The molecule has 4 nitrogen and oxygen atoms in total. The topological polar surface area (TPSA) is 36.9 Å². The maximum atomic E-state index is 6.31. The van der Waals surface area contributed by atoms with Crippen LogP contribution in [0.3, 0.4) is 0 Å². The first-order chi connectivity index (χ1) is 11.2. The molecule has 0 radical (unpaired) electrons. The van der Waals surface area contributed by atoms with Crippen LogP contribution in [0.2, 0.25) is 0 Å². The molecule has 0 saturated carbocycles. The van der Waals surface area contributed by atoms with Crippen molar-refractivity contribution in [3.8, 4) is 0 Å². The van der Waals surface area contributed by atoms with E-state index in [-0.39, 0.29) is 0 Å². The first kappa shape index (κ1) is 15.0. The fourth-order valence-electron chi connectivity index (χ4n) is 2.64. The molecule has 23 heavy (non-hydrogen) atoms. The van der Waals surface area contributed by atoms with Gasteiger partial charge in [-0.15, -0.1) is 0 Å². The molecule has 0 aliphatic carbocycles. The van der Waals surface area contributed by atoms with E-state index in [0.717, 1.165) is 16.9 Å². The van der Waals surface area contributed by atoms with Crippen molar-refractivity contribution in [2.24, 2.45) is 0 Å². The van der Waals surface area contributed by atoms with E-state index in [9.17, 15) is 0 Å². The van der Waals surface area contributed by atoms with Gasteiger partial charge in [0, 0.05) is 0 Å². The Morgan fingerprint density at radius 3 is 1.78 bits per heavy atom. The van der Waals surface area contributed by atoms with E-state index in [1.54, 1.807) is 7.11 Å². The third kappa shape index (κ3) is 2.45. The van der Waals surface area contributed by atoms with E-state index in [1.807, 2.05) is 60.7 Å². The van der Waals surface area contributed by atoms with Crippen molar-refractivity contribution >= 4 is 29.6 Å². The van der Waals surface area contributed by atoms with Gasteiger partial charge in [-0.1, -0.05) is 0 Å². The van der Waals surface area contributed by atoms with Gasteiger partial charge in [0.2, 0.25) is 0 Å². The quantitative estimate of drug-likeness (QED) is 0.722. The molecule has 6 heteroatoms. The SMILES string of the molecule is COP12(OCCS1)OC(c1ccccc1)=C(c1ccccc1)O2. The van der Waals surface area contributed by atoms with Gasteiger partial charge in [-0.25, -0.2) is 0 Å². The van der Waals surface area contributed by atoms with Crippen molar-refractivity contribution < 1.29 is 18.1 Å². The zero-order valence-electron chi connectivity index (χ0n) is 12.7. The fourth-order valence-corrected chi connectivity index (χ4v) is 7.91. The molecule has 4 rings (SSSR count). The number of benzene rings is 2. The summed E-state index contributed by atoms with van der Waals surface area (Å²) in [5, 5.41) is 0. The molecule has 1 saturated heterocycles. The number of hydrogen-bond acceptors (Lipinski definition) is 5. The monoisotopic (exact) mass is 348 g/mol. The first-order valence-electron chi connectivity index (χ1n) is 7.38. The molecule has 0 unspecified atom stereocenters. The first-order valence-corrected chi connectivity index (χ1v) is 10.9. The van der Waals surface area contributed by atoms with Crippen molar-refractivity contribution in [3.05, 3.63) is 71.8 Å². The zero-order chi connectivity index (χ0) is 15.8. The van der Waals surface area contributed by atoms with Crippen LogP contribution in [0.25, 0.3) is 11.5 Å². The summed E-state index contributed by atoms with van der Waals surface area (Å²) < 4.78 is 24.3.